The number of carbonyl (C=O) groups is 2. The van der Waals surface area contributed by atoms with Crippen LogP contribution in [0.4, 0.5) is 5.82 Å². The number of hydrogen-bond acceptors (Lipinski definition) is 5. The monoisotopic (exact) mass is 363 g/mol. The van der Waals surface area contributed by atoms with Gasteiger partial charge in [-0.15, -0.1) is 0 Å². The van der Waals surface area contributed by atoms with Crippen molar-refractivity contribution in [2.24, 2.45) is 5.92 Å². The number of carbonyl (C=O) groups excluding carboxylic acids is 2. The summed E-state index contributed by atoms with van der Waals surface area (Å²) in [4.78, 5) is 31.1. The van der Waals surface area contributed by atoms with Crippen molar-refractivity contribution in [1.82, 2.24) is 20.5 Å². The fraction of sp³-hybridized carbons (Fsp3) is 0.632. The summed E-state index contributed by atoms with van der Waals surface area (Å²) in [6, 6.07) is 2.88. The van der Waals surface area contributed by atoms with Crippen molar-refractivity contribution in [1.29, 1.82) is 0 Å². The van der Waals surface area contributed by atoms with E-state index in [1.54, 1.807) is 12.3 Å². The van der Waals surface area contributed by atoms with E-state index < -0.39 is 6.04 Å². The van der Waals surface area contributed by atoms with Crippen molar-refractivity contribution in [2.45, 2.75) is 65.7 Å². The maximum Gasteiger partial charge on any atom is 0.242 e. The van der Waals surface area contributed by atoms with Crippen LogP contribution in [0.15, 0.2) is 18.3 Å². The smallest absolute Gasteiger partial charge is 0.242 e. The normalized spacial score (nSPS) is 13.7. The molecule has 0 aliphatic carbocycles. The van der Waals surface area contributed by atoms with Crippen LogP contribution in [0, 0.1) is 5.92 Å². The predicted molar refractivity (Wildman–Crippen MR) is 104 cm³/mol. The van der Waals surface area contributed by atoms with Crippen molar-refractivity contribution in [3.8, 4) is 0 Å². The number of amides is 2. The van der Waals surface area contributed by atoms with Crippen LogP contribution in [0.25, 0.3) is 0 Å². The molecule has 1 aromatic rings. The highest BCUT2D eigenvalue weighted by atomic mass is 16.2. The summed E-state index contributed by atoms with van der Waals surface area (Å²) >= 11 is 0. The molecule has 7 heteroatoms. The zero-order chi connectivity index (χ0) is 19.9. The maximum atomic E-state index is 12.6. The molecule has 4 N–H and O–H groups in total. The number of nitrogens with zero attached hydrogens (tertiary/aromatic N) is 2. The topological polar surface area (TPSA) is 100 Å². The molecule has 146 valence electrons. The number of nitrogens with one attached hydrogen (secondary N) is 2. The molecule has 0 saturated carbocycles. The molecule has 2 amide bonds. The van der Waals surface area contributed by atoms with Gasteiger partial charge in [-0.25, -0.2) is 4.98 Å². The molecule has 26 heavy (non-hydrogen) atoms. The quantitative estimate of drug-likeness (QED) is 0.618. The molecule has 2 atom stereocenters. The molecule has 0 radical (unpaired) electrons. The molecular weight excluding hydrogens is 330 g/mol. The molecule has 0 unspecified atom stereocenters. The summed E-state index contributed by atoms with van der Waals surface area (Å²) in [6.07, 6.45) is 2.21. The lowest BCUT2D eigenvalue weighted by Crippen LogP contribution is -2.53. The van der Waals surface area contributed by atoms with Crippen LogP contribution in [0.5, 0.6) is 0 Å². The van der Waals surface area contributed by atoms with Crippen LogP contribution in [0.2, 0.25) is 0 Å². The van der Waals surface area contributed by atoms with Crippen LogP contribution in [-0.4, -0.2) is 46.9 Å². The van der Waals surface area contributed by atoms with Crippen LogP contribution in [0.1, 0.15) is 46.6 Å². The van der Waals surface area contributed by atoms with Crippen molar-refractivity contribution in [3.63, 3.8) is 0 Å². The molecule has 7 nitrogen and oxygen atoms in total. The molecule has 0 aliphatic heterocycles. The van der Waals surface area contributed by atoms with Gasteiger partial charge >= 0.3 is 0 Å². The Bertz CT molecular complexity index is 586. The van der Waals surface area contributed by atoms with Gasteiger partial charge in [-0.1, -0.05) is 19.9 Å². The lowest BCUT2D eigenvalue weighted by molar-refractivity contribution is -0.132. The van der Waals surface area contributed by atoms with Crippen molar-refractivity contribution in [2.75, 3.05) is 12.8 Å². The Morgan fingerprint density at radius 1 is 1.15 bits per heavy atom. The third-order valence-electron chi connectivity index (χ3n) is 4.46. The molecule has 0 aromatic carbocycles. The second kappa shape index (κ2) is 10.1. The predicted octanol–water partition coefficient (Wildman–Crippen LogP) is 1.54. The van der Waals surface area contributed by atoms with E-state index in [9.17, 15) is 9.59 Å². The summed E-state index contributed by atoms with van der Waals surface area (Å²) in [6.45, 7) is 10.3. The summed E-state index contributed by atoms with van der Waals surface area (Å²) in [5, 5.41) is 5.77. The lowest BCUT2D eigenvalue weighted by Gasteiger charge is -2.29. The van der Waals surface area contributed by atoms with E-state index >= 15 is 0 Å². The number of likely N-dealkylation sites (N-methyl/N-ethyl adjacent to an activating group) is 1. The number of aromatic nitrogens is 1. The first-order valence-corrected chi connectivity index (χ1v) is 9.12. The number of nitrogen functional groups attached to an aromatic ring is 1. The Balaban J connectivity index is 2.70. The first kappa shape index (κ1) is 21.9. The summed E-state index contributed by atoms with van der Waals surface area (Å²) in [7, 11) is 1.90. The Hall–Kier alpha value is -2.15. The number of hydrogen-bond donors (Lipinski definition) is 3. The fourth-order valence-electron chi connectivity index (χ4n) is 2.48. The van der Waals surface area contributed by atoms with E-state index in [-0.39, 0.29) is 29.8 Å². The van der Waals surface area contributed by atoms with Gasteiger partial charge in [-0.05, 0) is 51.8 Å². The Labute approximate surface area is 156 Å². The van der Waals surface area contributed by atoms with Crippen LogP contribution in [0.3, 0.4) is 0 Å². The van der Waals surface area contributed by atoms with Gasteiger partial charge in [0.05, 0.1) is 6.04 Å². The number of anilines is 1. The van der Waals surface area contributed by atoms with Gasteiger partial charge < -0.3 is 16.4 Å². The highest BCUT2D eigenvalue weighted by Gasteiger charge is 2.26. The van der Waals surface area contributed by atoms with Crippen molar-refractivity contribution in [3.05, 3.63) is 23.9 Å². The minimum atomic E-state index is -0.563. The highest BCUT2D eigenvalue weighted by Crippen LogP contribution is 2.08. The van der Waals surface area contributed by atoms with E-state index in [0.29, 0.717) is 18.8 Å². The molecule has 0 saturated heterocycles. The summed E-state index contributed by atoms with van der Waals surface area (Å²) in [5.41, 5.74) is 6.42. The van der Waals surface area contributed by atoms with E-state index in [0.717, 1.165) is 5.56 Å². The number of pyridine rings is 1. The van der Waals surface area contributed by atoms with E-state index in [2.05, 4.69) is 15.6 Å². The van der Waals surface area contributed by atoms with Crippen molar-refractivity contribution >= 4 is 17.6 Å². The van der Waals surface area contributed by atoms with Gasteiger partial charge in [-0.2, -0.15) is 0 Å². The second-order valence-electron chi connectivity index (χ2n) is 7.44. The largest absolute Gasteiger partial charge is 0.384 e. The number of rotatable bonds is 9. The molecule has 0 fully saturated rings. The second-order valence-corrected chi connectivity index (χ2v) is 7.44. The first-order valence-electron chi connectivity index (χ1n) is 9.12. The fourth-order valence-corrected chi connectivity index (χ4v) is 2.48. The third-order valence-corrected chi connectivity index (χ3v) is 4.46. The molecule has 1 heterocycles. The molecular formula is C19H33N5O2. The Kier molecular flexibility index (Phi) is 8.51. The lowest BCUT2D eigenvalue weighted by atomic mass is 10.0. The molecule has 0 aliphatic rings. The maximum absolute atomic E-state index is 12.6. The molecule has 1 aromatic heterocycles. The van der Waals surface area contributed by atoms with E-state index in [4.69, 9.17) is 5.73 Å². The van der Waals surface area contributed by atoms with Crippen LogP contribution < -0.4 is 16.4 Å². The zero-order valence-electron chi connectivity index (χ0n) is 16.7. The molecule has 0 spiro atoms. The highest BCUT2D eigenvalue weighted by molar-refractivity contribution is 5.89. The minimum absolute atomic E-state index is 0.142. The minimum Gasteiger partial charge on any atom is -0.384 e. The average Bonchev–Trinajstić information content (AvgIpc) is 2.58. The Morgan fingerprint density at radius 3 is 2.31 bits per heavy atom. The SMILES string of the molecule is CC(C)C[C@H](NC(=O)[C@H](C)N(C)C(C)C)C(=O)NCc1ccc(N)nc1. The van der Waals surface area contributed by atoms with E-state index in [1.807, 2.05) is 52.6 Å². The molecule has 0 bridgehead atoms. The van der Waals surface area contributed by atoms with E-state index in [1.165, 1.54) is 0 Å². The van der Waals surface area contributed by atoms with Gasteiger partial charge in [0.25, 0.3) is 0 Å². The van der Waals surface area contributed by atoms with Crippen molar-refractivity contribution < 1.29 is 9.59 Å². The summed E-state index contributed by atoms with van der Waals surface area (Å²) in [5.74, 6) is 0.384. The average molecular weight is 364 g/mol. The third kappa shape index (κ3) is 7.00. The van der Waals surface area contributed by atoms with Gasteiger partial charge in [0.2, 0.25) is 11.8 Å². The van der Waals surface area contributed by atoms with Crippen LogP contribution >= 0.6 is 0 Å². The van der Waals surface area contributed by atoms with Gasteiger partial charge in [0, 0.05) is 18.8 Å². The van der Waals surface area contributed by atoms with Gasteiger partial charge in [0.1, 0.15) is 11.9 Å². The standard InChI is InChI=1S/C19H33N5O2/c1-12(2)9-16(23-18(25)14(5)24(6)13(3)4)19(26)22-11-15-7-8-17(20)21-10-15/h7-8,10,12-14,16H,9,11H2,1-6H3,(H2,20,21)(H,22,26)(H,23,25)/t14-,16-/m0/s1. The first-order chi connectivity index (χ1) is 12.1. The van der Waals surface area contributed by atoms with Crippen LogP contribution in [-0.2, 0) is 16.1 Å². The van der Waals surface area contributed by atoms with Gasteiger partial charge in [-0.3, -0.25) is 14.5 Å². The molecule has 1 rings (SSSR count). The Morgan fingerprint density at radius 2 is 1.81 bits per heavy atom. The number of nitrogens with two attached hydrogens (primary N) is 1. The summed E-state index contributed by atoms with van der Waals surface area (Å²) < 4.78 is 0. The zero-order valence-corrected chi connectivity index (χ0v) is 16.7. The van der Waals surface area contributed by atoms with Gasteiger partial charge in [0.15, 0.2) is 0 Å².